The highest BCUT2D eigenvalue weighted by atomic mass is 32.2. The lowest BCUT2D eigenvalue weighted by atomic mass is 9.99. The average Bonchev–Trinajstić information content (AvgIpc) is 3.55. The summed E-state index contributed by atoms with van der Waals surface area (Å²) in [6, 6.07) is 3.28. The van der Waals surface area contributed by atoms with Crippen molar-refractivity contribution in [2.24, 2.45) is 5.92 Å². The first-order valence-electron chi connectivity index (χ1n) is 11.8. The number of amides is 2. The minimum Gasteiger partial charge on any atom is -0.449 e. The van der Waals surface area contributed by atoms with Gasteiger partial charge in [0.05, 0.1) is 0 Å². The summed E-state index contributed by atoms with van der Waals surface area (Å²) in [7, 11) is -3.65. The van der Waals surface area contributed by atoms with Gasteiger partial charge in [0.1, 0.15) is 5.76 Å². The van der Waals surface area contributed by atoms with Gasteiger partial charge < -0.3 is 14.8 Å². The maximum atomic E-state index is 13.1. The number of hydrogen-bond acceptors (Lipinski definition) is 6. The third kappa shape index (κ3) is 4.41. The molecule has 1 aromatic heterocycles. The lowest BCUT2D eigenvalue weighted by Crippen LogP contribution is -2.34. The molecular weight excluding hydrogens is 440 g/mol. The highest BCUT2D eigenvalue weighted by molar-refractivity contribution is 7.91. The smallest absolute Gasteiger partial charge is 0.332 e. The molecule has 1 aromatic carbocycles. The molecule has 9 heteroatoms. The first-order chi connectivity index (χ1) is 15.8. The van der Waals surface area contributed by atoms with E-state index in [1.807, 2.05) is 0 Å². The van der Waals surface area contributed by atoms with Crippen LogP contribution in [-0.4, -0.2) is 39.9 Å². The molecule has 0 radical (unpaired) electrons. The predicted octanol–water partition coefficient (Wildman–Crippen LogP) is 3.52. The van der Waals surface area contributed by atoms with Gasteiger partial charge in [0, 0.05) is 37.0 Å². The molecule has 1 unspecified atom stereocenters. The molecule has 0 bridgehead atoms. The summed E-state index contributed by atoms with van der Waals surface area (Å²) in [5.74, 6) is 0.877. The van der Waals surface area contributed by atoms with Crippen molar-refractivity contribution in [3.05, 3.63) is 45.7 Å². The number of nitrogens with one attached hydrogen (secondary N) is 3. The van der Waals surface area contributed by atoms with Crippen LogP contribution in [0.5, 0.6) is 0 Å². The van der Waals surface area contributed by atoms with Gasteiger partial charge in [-0.1, -0.05) is 6.07 Å². The number of aliphatic hydroxyl groups excluding tert-OH is 1. The molecule has 8 nitrogen and oxygen atoms in total. The summed E-state index contributed by atoms with van der Waals surface area (Å²) >= 11 is 0. The van der Waals surface area contributed by atoms with Gasteiger partial charge in [0.15, 0.2) is 9.92 Å². The van der Waals surface area contributed by atoms with Crippen LogP contribution in [0.3, 0.4) is 0 Å². The van der Waals surface area contributed by atoms with Crippen molar-refractivity contribution < 1.29 is 18.5 Å². The zero-order chi connectivity index (χ0) is 23.2. The van der Waals surface area contributed by atoms with Crippen LogP contribution in [0.1, 0.15) is 52.8 Å². The number of urea groups is 1. The maximum Gasteiger partial charge on any atom is 0.332 e. The van der Waals surface area contributed by atoms with Crippen LogP contribution in [0.25, 0.3) is 0 Å². The minimum atomic E-state index is -3.65. The number of benzene rings is 1. The number of furan rings is 1. The Hall–Kier alpha value is -2.36. The summed E-state index contributed by atoms with van der Waals surface area (Å²) in [4.78, 5) is 15.1. The number of aliphatic hydroxyl groups is 1. The van der Waals surface area contributed by atoms with E-state index in [9.17, 15) is 14.1 Å². The SMILES string of the molecule is Cc1oc(S(=N)(=O)NC(=O)Nc2c3c(cc4c2CCC4)CCC3)cc1CN1CC[C@H](CO)C1. The van der Waals surface area contributed by atoms with Crippen molar-refractivity contribution in [3.8, 4) is 0 Å². The molecule has 1 fully saturated rings. The molecule has 0 spiro atoms. The van der Waals surface area contributed by atoms with Crippen LogP contribution in [0.2, 0.25) is 0 Å². The van der Waals surface area contributed by atoms with Gasteiger partial charge in [0.2, 0.25) is 5.09 Å². The van der Waals surface area contributed by atoms with Gasteiger partial charge in [-0.2, -0.15) is 0 Å². The van der Waals surface area contributed by atoms with Crippen LogP contribution in [0.15, 0.2) is 21.6 Å². The van der Waals surface area contributed by atoms with Crippen molar-refractivity contribution in [2.45, 2.75) is 63.5 Å². The minimum absolute atomic E-state index is 0.0356. The molecule has 2 amide bonds. The van der Waals surface area contributed by atoms with E-state index in [2.05, 4.69) is 21.0 Å². The topological polar surface area (TPSA) is 119 Å². The summed E-state index contributed by atoms with van der Waals surface area (Å²) in [6.07, 6.45) is 7.02. The fourth-order valence-corrected chi connectivity index (χ4v) is 6.49. The van der Waals surface area contributed by atoms with E-state index in [-0.39, 0.29) is 17.6 Å². The highest BCUT2D eigenvalue weighted by Crippen LogP contribution is 2.38. The number of aryl methyl sites for hydroxylation is 3. The summed E-state index contributed by atoms with van der Waals surface area (Å²) in [5.41, 5.74) is 6.68. The van der Waals surface area contributed by atoms with Crippen molar-refractivity contribution in [1.29, 1.82) is 4.78 Å². The van der Waals surface area contributed by atoms with E-state index < -0.39 is 15.9 Å². The first-order valence-corrected chi connectivity index (χ1v) is 13.4. The molecule has 1 aliphatic heterocycles. The quantitative estimate of drug-likeness (QED) is 0.513. The second-order valence-electron chi connectivity index (χ2n) is 9.57. The largest absolute Gasteiger partial charge is 0.449 e. The van der Waals surface area contributed by atoms with Crippen molar-refractivity contribution in [2.75, 3.05) is 25.0 Å². The molecule has 33 heavy (non-hydrogen) atoms. The van der Waals surface area contributed by atoms with Gasteiger partial charge in [-0.15, -0.1) is 0 Å². The molecular formula is C24H32N4O4S. The van der Waals surface area contributed by atoms with Gasteiger partial charge in [-0.3, -0.25) is 4.90 Å². The summed E-state index contributed by atoms with van der Waals surface area (Å²) < 4.78 is 29.5. The van der Waals surface area contributed by atoms with E-state index in [0.29, 0.717) is 12.3 Å². The Kier molecular flexibility index (Phi) is 5.96. The molecule has 2 heterocycles. The van der Waals surface area contributed by atoms with Crippen LogP contribution >= 0.6 is 0 Å². The molecule has 2 aliphatic carbocycles. The number of fused-ring (bicyclic) bond motifs is 2. The fourth-order valence-electron chi connectivity index (χ4n) is 5.52. The molecule has 0 saturated carbocycles. The predicted molar refractivity (Wildman–Crippen MR) is 126 cm³/mol. The lowest BCUT2D eigenvalue weighted by Gasteiger charge is -2.17. The Bertz CT molecular complexity index is 1160. The maximum absolute atomic E-state index is 13.1. The van der Waals surface area contributed by atoms with E-state index >= 15 is 0 Å². The zero-order valence-corrected chi connectivity index (χ0v) is 19.9. The van der Waals surface area contributed by atoms with E-state index in [4.69, 9.17) is 9.20 Å². The van der Waals surface area contributed by atoms with Crippen molar-refractivity contribution in [3.63, 3.8) is 0 Å². The number of hydrogen-bond donors (Lipinski definition) is 4. The Morgan fingerprint density at radius 2 is 1.91 bits per heavy atom. The summed E-state index contributed by atoms with van der Waals surface area (Å²) in [6.45, 7) is 4.26. The Morgan fingerprint density at radius 3 is 2.55 bits per heavy atom. The number of rotatable bonds is 6. The van der Waals surface area contributed by atoms with Gasteiger partial charge in [-0.05, 0) is 86.6 Å². The second kappa shape index (κ2) is 8.77. The highest BCUT2D eigenvalue weighted by Gasteiger charge is 2.28. The number of likely N-dealkylation sites (tertiary alicyclic amines) is 1. The fraction of sp³-hybridized carbons (Fsp3) is 0.542. The molecule has 178 valence electrons. The van der Waals surface area contributed by atoms with Gasteiger partial charge in [-0.25, -0.2) is 18.5 Å². The molecule has 2 atom stereocenters. The molecule has 2 aromatic rings. The first kappa shape index (κ1) is 22.4. The molecule has 1 saturated heterocycles. The van der Waals surface area contributed by atoms with E-state index in [0.717, 1.165) is 69.3 Å². The summed E-state index contributed by atoms with van der Waals surface area (Å²) in [5, 5.41) is 12.3. The molecule has 5 rings (SSSR count). The normalized spacial score (nSPS) is 21.6. The lowest BCUT2D eigenvalue weighted by molar-refractivity contribution is 0.220. The van der Waals surface area contributed by atoms with Crippen LogP contribution in [0.4, 0.5) is 10.5 Å². The number of carbonyl (C=O) groups is 1. The number of anilines is 1. The van der Waals surface area contributed by atoms with Crippen LogP contribution < -0.4 is 10.0 Å². The van der Waals surface area contributed by atoms with Crippen LogP contribution in [0, 0.1) is 17.6 Å². The average molecular weight is 473 g/mol. The monoisotopic (exact) mass is 472 g/mol. The zero-order valence-electron chi connectivity index (χ0n) is 19.0. The molecule has 4 N–H and O–H groups in total. The Balaban J connectivity index is 1.30. The van der Waals surface area contributed by atoms with E-state index in [1.54, 1.807) is 13.0 Å². The Labute approximate surface area is 194 Å². The van der Waals surface area contributed by atoms with Crippen LogP contribution in [-0.2, 0) is 42.1 Å². The Morgan fingerprint density at radius 1 is 1.21 bits per heavy atom. The van der Waals surface area contributed by atoms with Crippen molar-refractivity contribution in [1.82, 2.24) is 9.62 Å². The van der Waals surface area contributed by atoms with E-state index in [1.165, 1.54) is 22.3 Å². The number of carbonyl (C=O) groups excluding carboxylic acids is 1. The molecule has 3 aliphatic rings. The number of nitrogens with zero attached hydrogens (tertiary/aromatic N) is 1. The third-order valence-corrected chi connectivity index (χ3v) is 8.49. The second-order valence-corrected chi connectivity index (χ2v) is 11.3. The van der Waals surface area contributed by atoms with Gasteiger partial charge >= 0.3 is 6.03 Å². The standard InChI is InChI=1S/C24H32N4O4S/c1-15-19(13-28-9-8-16(12-28)14-29)11-22(32-15)33(25,31)27-24(30)26-23-20-6-2-4-17(20)10-18-5-3-7-21(18)23/h10-11,16,29H,2-9,12-14H2,1H3,(H3,25,26,27,30,31)/t16-,33?/m0/s1. The van der Waals surface area contributed by atoms with Gasteiger partial charge in [0.25, 0.3) is 0 Å². The third-order valence-electron chi connectivity index (χ3n) is 7.25. The van der Waals surface area contributed by atoms with Crippen molar-refractivity contribution >= 4 is 21.6 Å².